The van der Waals surface area contributed by atoms with Crippen LogP contribution in [0.5, 0.6) is 0 Å². The van der Waals surface area contributed by atoms with Crippen molar-refractivity contribution in [3.63, 3.8) is 0 Å². The Morgan fingerprint density at radius 2 is 1.95 bits per heavy atom. The van der Waals surface area contributed by atoms with Crippen LogP contribution < -0.4 is 11.3 Å². The van der Waals surface area contributed by atoms with Gasteiger partial charge in [0, 0.05) is 0 Å². The molecular weight excluding hydrogens is 251 g/mol. The zero-order valence-electron chi connectivity index (χ0n) is 12.4. The van der Waals surface area contributed by atoms with E-state index in [2.05, 4.69) is 19.4 Å². The maximum atomic E-state index is 12.2. The Hall–Kier alpha value is -2.47. The lowest BCUT2D eigenvalue weighted by Crippen LogP contribution is -1.93. The number of hydrogen-bond acceptors (Lipinski definition) is 2. The van der Waals surface area contributed by atoms with Crippen molar-refractivity contribution in [2.24, 2.45) is 0 Å². The van der Waals surface area contributed by atoms with Crippen molar-refractivity contribution < 1.29 is 4.48 Å². The molecule has 0 spiro atoms. The molecule has 20 heavy (non-hydrogen) atoms. The summed E-state index contributed by atoms with van der Waals surface area (Å²) < 4.78 is 12.2. The van der Waals surface area contributed by atoms with Crippen molar-refractivity contribution >= 4 is 16.9 Å². The minimum absolute atomic E-state index is 0.284. The molecule has 0 saturated heterocycles. The van der Waals surface area contributed by atoms with E-state index in [1.807, 2.05) is 39.0 Å². The maximum Gasteiger partial charge on any atom is 0.0885 e. The molecule has 0 radical (unpaired) electrons. The average molecular weight is 274 g/mol. The molecule has 0 heterocycles. The van der Waals surface area contributed by atoms with Crippen LogP contribution in [-0.2, 0) is 0 Å². The van der Waals surface area contributed by atoms with Gasteiger partial charge >= 0.3 is 0 Å². The van der Waals surface area contributed by atoms with E-state index in [1.165, 1.54) is 0 Å². The van der Waals surface area contributed by atoms with Crippen LogP contribution in [0.3, 0.4) is 0 Å². The average Bonchev–Trinajstić information content (AvgIpc) is 2.52. The smallest absolute Gasteiger partial charge is 0.0885 e. The first-order valence-electron chi connectivity index (χ1n) is 6.28. The van der Waals surface area contributed by atoms with Crippen LogP contribution in [0.25, 0.3) is 5.57 Å². The third-order valence-electron chi connectivity index (χ3n) is 2.21. The van der Waals surface area contributed by atoms with E-state index in [9.17, 15) is 4.48 Å². The number of nitrogen functional groups attached to an aromatic ring is 1. The lowest BCUT2D eigenvalue weighted by atomic mass is 10.0. The van der Waals surface area contributed by atoms with Gasteiger partial charge in [-0.25, -0.2) is 5.54 Å². The maximum absolute atomic E-state index is 12.2. The monoisotopic (exact) mass is 274 g/mol. The number of nitrogens with two attached hydrogens (primary N) is 1. The molecule has 108 valence electrons. The first kappa shape index (κ1) is 19.9. The molecule has 0 aliphatic carbocycles. The molecule has 0 fully saturated rings. The van der Waals surface area contributed by atoms with Gasteiger partial charge in [0.05, 0.1) is 11.4 Å². The van der Waals surface area contributed by atoms with Gasteiger partial charge in [0.15, 0.2) is 0 Å². The number of halogens is 1. The summed E-state index contributed by atoms with van der Waals surface area (Å²) in [6.07, 6.45) is 15.4. The number of nitrogens with one attached hydrogen (secondary N) is 1. The minimum atomic E-state index is 0.284. The molecule has 0 unspecified atom stereocenters. The lowest BCUT2D eigenvalue weighted by Gasteiger charge is -2.06. The predicted octanol–water partition coefficient (Wildman–Crippen LogP) is 4.99. The summed E-state index contributed by atoms with van der Waals surface area (Å²) in [6.45, 7) is 9.54. The molecule has 1 aromatic carbocycles. The topological polar surface area (TPSA) is 38.0 Å². The fraction of sp³-hybridized carbons (Fsp3) is 0.176. The number of hydrogen-bond donors (Lipinski definition) is 2. The van der Waals surface area contributed by atoms with Crippen LogP contribution in [0.4, 0.5) is 15.9 Å². The molecule has 0 aliphatic heterocycles. The Morgan fingerprint density at radius 3 is 2.35 bits per heavy atom. The van der Waals surface area contributed by atoms with E-state index in [0.29, 0.717) is 5.69 Å². The fourth-order valence-corrected chi connectivity index (χ4v) is 1.36. The van der Waals surface area contributed by atoms with Crippen molar-refractivity contribution in [2.45, 2.75) is 20.8 Å². The summed E-state index contributed by atoms with van der Waals surface area (Å²) in [5.74, 6) is 0. The van der Waals surface area contributed by atoms with Crippen molar-refractivity contribution in [2.75, 3.05) is 11.3 Å². The Kier molecular flexibility index (Phi) is 12.9. The van der Waals surface area contributed by atoms with Gasteiger partial charge in [-0.15, -0.1) is 17.3 Å². The van der Waals surface area contributed by atoms with Crippen molar-refractivity contribution in [1.82, 2.24) is 0 Å². The van der Waals surface area contributed by atoms with Crippen LogP contribution >= 0.6 is 0 Å². The quantitative estimate of drug-likeness (QED) is 0.351. The third kappa shape index (κ3) is 6.46. The van der Waals surface area contributed by atoms with Gasteiger partial charge in [0.1, 0.15) is 0 Å². The number of anilines is 2. The van der Waals surface area contributed by atoms with Crippen LogP contribution in [0.15, 0.2) is 49.1 Å². The third-order valence-corrected chi connectivity index (χ3v) is 2.21. The van der Waals surface area contributed by atoms with E-state index in [1.54, 1.807) is 29.8 Å². The zero-order valence-corrected chi connectivity index (χ0v) is 12.4. The van der Waals surface area contributed by atoms with Gasteiger partial charge in [-0.1, -0.05) is 50.8 Å². The highest BCUT2D eigenvalue weighted by molar-refractivity contribution is 5.79. The highest BCUT2D eigenvalue weighted by Gasteiger charge is 2.02. The van der Waals surface area contributed by atoms with Crippen molar-refractivity contribution in [3.8, 4) is 12.8 Å². The highest BCUT2D eigenvalue weighted by atomic mass is 19.2. The molecule has 0 saturated carbocycles. The summed E-state index contributed by atoms with van der Waals surface area (Å²) in [5.41, 5.74) is 9.84. The molecule has 0 atom stereocenters. The molecule has 0 aromatic heterocycles. The predicted molar refractivity (Wildman–Crippen MR) is 89.8 cm³/mol. The van der Waals surface area contributed by atoms with Gasteiger partial charge < -0.3 is 5.73 Å². The fourth-order valence-electron chi connectivity index (χ4n) is 1.36. The van der Waals surface area contributed by atoms with Crippen LogP contribution in [0.1, 0.15) is 26.3 Å². The molecule has 1 rings (SSSR count). The van der Waals surface area contributed by atoms with Crippen LogP contribution in [0.2, 0.25) is 0 Å². The number of allylic oxidation sites excluding steroid dienone is 5. The second-order valence-corrected chi connectivity index (χ2v) is 3.24. The van der Waals surface area contributed by atoms with E-state index >= 15 is 0 Å². The molecule has 0 bridgehead atoms. The van der Waals surface area contributed by atoms with Crippen molar-refractivity contribution in [3.05, 3.63) is 54.6 Å². The normalized spacial score (nSPS) is 9.80. The van der Waals surface area contributed by atoms with E-state index < -0.39 is 0 Å². The molecular formula is C17H23FN2. The summed E-state index contributed by atoms with van der Waals surface area (Å²) in [6, 6.07) is 5.14. The Labute approximate surface area is 121 Å². The van der Waals surface area contributed by atoms with Gasteiger partial charge in [-0.05, 0) is 30.2 Å². The Balaban J connectivity index is 0. The van der Waals surface area contributed by atoms with E-state index in [-0.39, 0.29) is 5.69 Å². The number of rotatable bonds is 4. The minimum Gasteiger partial charge on any atom is -0.397 e. The van der Waals surface area contributed by atoms with Gasteiger partial charge in [-0.2, -0.15) is 0 Å². The standard InChI is InChI=1S/C13H15FN2.C2H6.C2H2/c1-3-5-6-10(4-2)11-7-8-13(16-14)12(15)9-11;2*1-2/h3-9,16H,1,15H2,2H3;1-2H3;1-2H/b6-5-,10-4+;;. The summed E-state index contributed by atoms with van der Waals surface area (Å²) >= 11 is 0. The highest BCUT2D eigenvalue weighted by Crippen LogP contribution is 2.25. The Bertz CT molecular complexity index is 471. The van der Waals surface area contributed by atoms with Gasteiger partial charge in [0.2, 0.25) is 0 Å². The second kappa shape index (κ2) is 13.0. The van der Waals surface area contributed by atoms with Gasteiger partial charge in [-0.3, -0.25) is 0 Å². The summed E-state index contributed by atoms with van der Waals surface area (Å²) in [7, 11) is 0. The van der Waals surface area contributed by atoms with Crippen LogP contribution in [0, 0.1) is 12.8 Å². The van der Waals surface area contributed by atoms with Gasteiger partial charge in [0.25, 0.3) is 0 Å². The second-order valence-electron chi connectivity index (χ2n) is 3.24. The lowest BCUT2D eigenvalue weighted by molar-refractivity contribution is 0.618. The molecule has 0 aliphatic rings. The largest absolute Gasteiger partial charge is 0.397 e. The zero-order chi connectivity index (χ0) is 16.0. The first-order valence-corrected chi connectivity index (χ1v) is 6.28. The Morgan fingerprint density at radius 1 is 1.35 bits per heavy atom. The molecule has 0 amide bonds. The number of benzene rings is 1. The SMILES string of the molecule is C#C.C=C/C=C\C(=C/C)c1ccc(NF)c(N)c1.CC. The molecule has 3 heteroatoms. The van der Waals surface area contributed by atoms with Crippen molar-refractivity contribution in [1.29, 1.82) is 0 Å². The first-order chi connectivity index (χ1) is 9.72. The molecule has 2 nitrogen and oxygen atoms in total. The summed E-state index contributed by atoms with van der Waals surface area (Å²) in [4.78, 5) is 0. The van der Waals surface area contributed by atoms with E-state index in [4.69, 9.17) is 5.73 Å². The van der Waals surface area contributed by atoms with Crippen LogP contribution in [-0.4, -0.2) is 0 Å². The van der Waals surface area contributed by atoms with E-state index in [0.717, 1.165) is 11.1 Å². The molecule has 3 N–H and O–H groups in total. The number of terminal acetylenes is 1. The molecule has 1 aromatic rings. The summed E-state index contributed by atoms with van der Waals surface area (Å²) in [5, 5.41) is 0.